The van der Waals surface area contributed by atoms with Crippen molar-refractivity contribution in [3.63, 3.8) is 0 Å². The number of pyridine rings is 1. The molecular formula is C22H18ClF2N5O. The molecule has 2 aromatic carbocycles. The van der Waals surface area contributed by atoms with Crippen molar-refractivity contribution in [1.82, 2.24) is 15.0 Å². The Kier molecular flexibility index (Phi) is 5.56. The van der Waals surface area contributed by atoms with Crippen LogP contribution in [0.3, 0.4) is 0 Å². The van der Waals surface area contributed by atoms with Gasteiger partial charge in [-0.2, -0.15) is 0 Å². The maximum atomic E-state index is 14.3. The van der Waals surface area contributed by atoms with E-state index < -0.39 is 17.2 Å². The molecule has 0 aliphatic rings. The lowest BCUT2D eigenvalue weighted by molar-refractivity contribution is 0.515. The van der Waals surface area contributed by atoms with E-state index in [0.717, 1.165) is 6.07 Å². The molecule has 0 aliphatic carbocycles. The average molecular weight is 442 g/mol. The highest BCUT2D eigenvalue weighted by atomic mass is 35.5. The molecule has 0 atom stereocenters. The van der Waals surface area contributed by atoms with Crippen LogP contribution in [-0.4, -0.2) is 29.0 Å². The normalized spacial score (nSPS) is 11.0. The Labute approximate surface area is 181 Å². The molecular weight excluding hydrogens is 424 g/mol. The van der Waals surface area contributed by atoms with Gasteiger partial charge in [-0.3, -0.25) is 9.78 Å². The van der Waals surface area contributed by atoms with Gasteiger partial charge in [-0.05, 0) is 35.9 Å². The topological polar surface area (TPSA) is 65.1 Å². The van der Waals surface area contributed by atoms with Crippen LogP contribution >= 0.6 is 11.6 Å². The monoisotopic (exact) mass is 441 g/mol. The van der Waals surface area contributed by atoms with Gasteiger partial charge in [-0.15, -0.1) is 0 Å². The fourth-order valence-corrected chi connectivity index (χ4v) is 3.46. The molecule has 0 amide bonds. The summed E-state index contributed by atoms with van der Waals surface area (Å²) < 4.78 is 28.1. The van der Waals surface area contributed by atoms with Crippen molar-refractivity contribution in [2.45, 2.75) is 6.54 Å². The molecule has 0 saturated carbocycles. The first-order valence-corrected chi connectivity index (χ1v) is 9.73. The Morgan fingerprint density at radius 2 is 1.84 bits per heavy atom. The SMILES string of the molecule is CN(C)c1cncc(N(Cc2cc(=O)[nH]c3c(F)c(F)ccc23)c2cccc(Cl)c2)n1. The zero-order valence-corrected chi connectivity index (χ0v) is 17.5. The lowest BCUT2D eigenvalue weighted by Crippen LogP contribution is -2.21. The molecule has 6 nitrogen and oxygen atoms in total. The summed E-state index contributed by atoms with van der Waals surface area (Å²) in [5, 5.41) is 0.908. The molecule has 1 N–H and O–H groups in total. The molecule has 0 radical (unpaired) electrons. The fraction of sp³-hybridized carbons (Fsp3) is 0.136. The molecule has 0 spiro atoms. The number of H-pyrrole nitrogens is 1. The van der Waals surface area contributed by atoms with Gasteiger partial charge in [0.05, 0.1) is 24.5 Å². The van der Waals surface area contributed by atoms with Gasteiger partial charge in [0.2, 0.25) is 5.56 Å². The van der Waals surface area contributed by atoms with Gasteiger partial charge in [0.1, 0.15) is 5.82 Å². The minimum absolute atomic E-state index is 0.150. The predicted molar refractivity (Wildman–Crippen MR) is 118 cm³/mol. The van der Waals surface area contributed by atoms with Crippen LogP contribution in [0.5, 0.6) is 0 Å². The molecule has 158 valence electrons. The quantitative estimate of drug-likeness (QED) is 0.488. The highest BCUT2D eigenvalue weighted by Gasteiger charge is 2.18. The molecule has 31 heavy (non-hydrogen) atoms. The third-order valence-electron chi connectivity index (χ3n) is 4.79. The molecule has 0 saturated heterocycles. The van der Waals surface area contributed by atoms with Crippen molar-refractivity contribution in [2.75, 3.05) is 23.9 Å². The van der Waals surface area contributed by atoms with Gasteiger partial charge in [-0.1, -0.05) is 17.7 Å². The summed E-state index contributed by atoms with van der Waals surface area (Å²) in [6, 6.07) is 11.0. The Balaban J connectivity index is 1.89. The first-order chi connectivity index (χ1) is 14.8. The van der Waals surface area contributed by atoms with Crippen LogP contribution in [0.15, 0.2) is 59.7 Å². The summed E-state index contributed by atoms with van der Waals surface area (Å²) in [6.07, 6.45) is 3.21. The average Bonchev–Trinajstić information content (AvgIpc) is 2.75. The van der Waals surface area contributed by atoms with Crippen molar-refractivity contribution in [3.05, 3.63) is 87.4 Å². The van der Waals surface area contributed by atoms with Crippen molar-refractivity contribution in [2.24, 2.45) is 0 Å². The van der Waals surface area contributed by atoms with Crippen LogP contribution in [0.25, 0.3) is 10.9 Å². The molecule has 2 aromatic heterocycles. The highest BCUT2D eigenvalue weighted by molar-refractivity contribution is 6.30. The third-order valence-corrected chi connectivity index (χ3v) is 5.02. The van der Waals surface area contributed by atoms with E-state index in [0.29, 0.717) is 33.3 Å². The van der Waals surface area contributed by atoms with Crippen molar-refractivity contribution in [3.8, 4) is 0 Å². The molecule has 9 heteroatoms. The molecule has 4 aromatic rings. The predicted octanol–water partition coefficient (Wildman–Crippen LogP) is 4.65. The summed E-state index contributed by atoms with van der Waals surface area (Å²) in [5.41, 5.74) is 0.483. The van der Waals surface area contributed by atoms with Crippen LogP contribution < -0.4 is 15.4 Å². The maximum Gasteiger partial charge on any atom is 0.248 e. The first kappa shape index (κ1) is 20.7. The number of hydrogen-bond acceptors (Lipinski definition) is 5. The van der Waals surface area contributed by atoms with Gasteiger partial charge in [0, 0.05) is 36.3 Å². The number of nitrogens with one attached hydrogen (secondary N) is 1. The number of benzene rings is 2. The number of aromatic nitrogens is 3. The second kappa shape index (κ2) is 8.31. The van der Waals surface area contributed by atoms with Crippen LogP contribution in [-0.2, 0) is 6.54 Å². The number of aromatic amines is 1. The van der Waals surface area contributed by atoms with E-state index in [4.69, 9.17) is 11.6 Å². The van der Waals surface area contributed by atoms with E-state index in [1.807, 2.05) is 25.1 Å². The molecule has 0 aliphatic heterocycles. The summed E-state index contributed by atoms with van der Waals surface area (Å²) in [7, 11) is 3.69. The van der Waals surface area contributed by atoms with Gasteiger partial charge >= 0.3 is 0 Å². The zero-order chi connectivity index (χ0) is 22.1. The summed E-state index contributed by atoms with van der Waals surface area (Å²) in [5.74, 6) is -0.991. The minimum Gasteiger partial charge on any atom is -0.361 e. The van der Waals surface area contributed by atoms with Gasteiger partial charge in [0.25, 0.3) is 0 Å². The standard InChI is InChI=1S/C22H18ClF2N5O/c1-29(2)18-10-26-11-19(27-18)30(15-5-3-4-14(23)9-15)12-13-8-20(31)28-22-16(13)6-7-17(24)21(22)25/h3-11H,12H2,1-2H3,(H,28,31). The van der Waals surface area contributed by atoms with E-state index in [1.165, 1.54) is 12.1 Å². The Hall–Kier alpha value is -3.52. The van der Waals surface area contributed by atoms with Crippen molar-refractivity contribution >= 4 is 39.8 Å². The Morgan fingerprint density at radius 1 is 1.06 bits per heavy atom. The van der Waals surface area contributed by atoms with Gasteiger partial charge in [-0.25, -0.2) is 13.8 Å². The largest absolute Gasteiger partial charge is 0.361 e. The summed E-state index contributed by atoms with van der Waals surface area (Å²) in [4.78, 5) is 27.1. The summed E-state index contributed by atoms with van der Waals surface area (Å²) >= 11 is 6.20. The Morgan fingerprint density at radius 3 is 2.58 bits per heavy atom. The minimum atomic E-state index is -1.10. The van der Waals surface area contributed by atoms with E-state index in [1.54, 1.807) is 35.5 Å². The maximum absolute atomic E-state index is 14.3. The molecule has 2 heterocycles. The van der Waals surface area contributed by atoms with E-state index in [9.17, 15) is 13.6 Å². The van der Waals surface area contributed by atoms with E-state index in [-0.39, 0.29) is 12.1 Å². The zero-order valence-electron chi connectivity index (χ0n) is 16.7. The lowest BCUT2D eigenvalue weighted by Gasteiger charge is -2.25. The number of nitrogens with zero attached hydrogens (tertiary/aromatic N) is 4. The smallest absolute Gasteiger partial charge is 0.248 e. The summed E-state index contributed by atoms with van der Waals surface area (Å²) in [6.45, 7) is 0.150. The number of anilines is 3. The van der Waals surface area contributed by atoms with Crippen molar-refractivity contribution < 1.29 is 8.78 Å². The fourth-order valence-electron chi connectivity index (χ4n) is 3.28. The second-order valence-electron chi connectivity index (χ2n) is 7.14. The first-order valence-electron chi connectivity index (χ1n) is 9.36. The molecule has 4 rings (SSSR count). The van der Waals surface area contributed by atoms with Gasteiger partial charge in [0.15, 0.2) is 17.5 Å². The number of fused-ring (bicyclic) bond motifs is 1. The van der Waals surface area contributed by atoms with Crippen LogP contribution in [0, 0.1) is 11.6 Å². The van der Waals surface area contributed by atoms with E-state index >= 15 is 0 Å². The Bertz CT molecular complexity index is 1330. The lowest BCUT2D eigenvalue weighted by atomic mass is 10.1. The van der Waals surface area contributed by atoms with E-state index in [2.05, 4.69) is 15.0 Å². The molecule has 0 bridgehead atoms. The third kappa shape index (κ3) is 4.20. The van der Waals surface area contributed by atoms with Crippen LogP contribution in [0.4, 0.5) is 26.1 Å². The molecule has 0 fully saturated rings. The van der Waals surface area contributed by atoms with Crippen LogP contribution in [0.2, 0.25) is 5.02 Å². The van der Waals surface area contributed by atoms with Crippen molar-refractivity contribution in [1.29, 1.82) is 0 Å². The highest BCUT2D eigenvalue weighted by Crippen LogP contribution is 2.30. The number of hydrogen-bond donors (Lipinski definition) is 1. The second-order valence-corrected chi connectivity index (χ2v) is 7.58. The van der Waals surface area contributed by atoms with Gasteiger partial charge < -0.3 is 14.8 Å². The molecule has 0 unspecified atom stereocenters. The van der Waals surface area contributed by atoms with Crippen LogP contribution in [0.1, 0.15) is 5.56 Å². The number of halogens is 3. The number of rotatable bonds is 5.